The third-order valence-electron chi connectivity index (χ3n) is 5.09. The number of rotatable bonds is 10. The van der Waals surface area contributed by atoms with Crippen molar-refractivity contribution in [1.82, 2.24) is 5.32 Å². The maximum Gasteiger partial charge on any atom is 0.573 e. The number of carboxylic acid groups (broad SMARTS) is 1. The fraction of sp³-hybridized carbons (Fsp3) is 0.192. The number of halogens is 5. The Morgan fingerprint density at radius 2 is 1.62 bits per heavy atom. The number of hydrogen-bond acceptors (Lipinski definition) is 5. The smallest absolute Gasteiger partial charge is 0.463 e. The van der Waals surface area contributed by atoms with Crippen LogP contribution in [0.4, 0.5) is 26.7 Å². The van der Waals surface area contributed by atoms with Crippen molar-refractivity contribution < 1.29 is 50.9 Å². The van der Waals surface area contributed by atoms with E-state index in [0.717, 1.165) is 24.3 Å². The van der Waals surface area contributed by atoms with E-state index in [2.05, 4.69) is 15.0 Å². The Hall–Kier alpha value is -4.72. The fourth-order valence-electron chi connectivity index (χ4n) is 3.44. The van der Waals surface area contributed by atoms with E-state index >= 15 is 8.78 Å². The first-order valence-electron chi connectivity index (χ1n) is 11.4. The number of ether oxygens (including phenoxy) is 3. The predicted molar refractivity (Wildman–Crippen MR) is 131 cm³/mol. The van der Waals surface area contributed by atoms with Crippen LogP contribution in [0.1, 0.15) is 29.7 Å². The summed E-state index contributed by atoms with van der Waals surface area (Å²) in [7, 11) is 0. The Morgan fingerprint density at radius 3 is 2.20 bits per heavy atom. The van der Waals surface area contributed by atoms with Gasteiger partial charge in [-0.3, -0.25) is 4.79 Å². The molecule has 212 valence electrons. The molecule has 2 amide bonds. The molecule has 4 N–H and O–H groups in total. The highest BCUT2D eigenvalue weighted by atomic mass is 19.4. The summed E-state index contributed by atoms with van der Waals surface area (Å²) in [6.07, 6.45) is -8.08. The molecule has 14 heteroatoms. The van der Waals surface area contributed by atoms with Crippen LogP contribution in [0.3, 0.4) is 0 Å². The number of aliphatic imine (C=N–C) groups is 1. The van der Waals surface area contributed by atoms with Gasteiger partial charge < -0.3 is 30.4 Å². The standard InChI is InChI=1S/C26H22F5N3O6/c1-2-38-22(24(35)33-13-14-6-8-15(9-7-14)23(32)34-25(36)37)21-19(27)11-18(12-20(21)28)39-16-4-3-5-17(10-16)40-26(29,30)31/h3-12,22H,2,13H2,1H3,(H2,32,34)(H,33,35)(H,36,37). The van der Waals surface area contributed by atoms with Crippen molar-refractivity contribution in [3.63, 3.8) is 0 Å². The zero-order valence-electron chi connectivity index (χ0n) is 20.7. The van der Waals surface area contributed by atoms with Crippen LogP contribution in [0.5, 0.6) is 17.2 Å². The molecule has 0 aliphatic heterocycles. The third-order valence-corrected chi connectivity index (χ3v) is 5.09. The number of nitrogens with one attached hydrogen (secondary N) is 1. The van der Waals surface area contributed by atoms with Crippen molar-refractivity contribution in [2.75, 3.05) is 6.61 Å². The van der Waals surface area contributed by atoms with Gasteiger partial charge >= 0.3 is 12.5 Å². The highest BCUT2D eigenvalue weighted by Gasteiger charge is 2.31. The van der Waals surface area contributed by atoms with Crippen LogP contribution < -0.4 is 20.5 Å². The summed E-state index contributed by atoms with van der Waals surface area (Å²) in [5.74, 6) is -4.63. The number of carbonyl (C=O) groups excluding carboxylic acids is 1. The summed E-state index contributed by atoms with van der Waals surface area (Å²) in [5.41, 5.74) is 5.75. The topological polar surface area (TPSA) is 132 Å². The Bertz CT molecular complexity index is 1370. The van der Waals surface area contributed by atoms with E-state index in [0.29, 0.717) is 11.1 Å². The van der Waals surface area contributed by atoms with E-state index in [9.17, 15) is 22.8 Å². The molecule has 1 unspecified atom stereocenters. The molecule has 0 aliphatic carbocycles. The SMILES string of the molecule is CCOC(C(=O)NCc1ccc(/C(N)=N\C(=O)O)cc1)c1c(F)cc(Oc2cccc(OC(F)(F)F)c2)cc1F. The second-order valence-corrected chi connectivity index (χ2v) is 7.96. The molecule has 0 aliphatic rings. The lowest BCUT2D eigenvalue weighted by molar-refractivity contribution is -0.274. The molecule has 3 rings (SSSR count). The highest BCUT2D eigenvalue weighted by molar-refractivity contribution is 6.02. The molecule has 0 spiro atoms. The van der Waals surface area contributed by atoms with Gasteiger partial charge in [-0.15, -0.1) is 13.2 Å². The van der Waals surface area contributed by atoms with Crippen LogP contribution in [0, 0.1) is 11.6 Å². The quantitative estimate of drug-likeness (QED) is 0.169. The molecule has 0 saturated carbocycles. The molecule has 0 radical (unpaired) electrons. The lowest BCUT2D eigenvalue weighted by Crippen LogP contribution is -2.31. The Labute approximate surface area is 224 Å². The Balaban J connectivity index is 1.74. The van der Waals surface area contributed by atoms with Crippen LogP contribution >= 0.6 is 0 Å². The minimum absolute atomic E-state index is 0.0700. The summed E-state index contributed by atoms with van der Waals surface area (Å²) in [6, 6.07) is 11.9. The first-order valence-corrected chi connectivity index (χ1v) is 11.4. The van der Waals surface area contributed by atoms with Gasteiger partial charge in [0.25, 0.3) is 5.91 Å². The molecule has 1 atom stereocenters. The first kappa shape index (κ1) is 29.8. The number of amidine groups is 1. The summed E-state index contributed by atoms with van der Waals surface area (Å²) < 4.78 is 81.8. The van der Waals surface area contributed by atoms with Crippen molar-refractivity contribution in [3.8, 4) is 17.2 Å². The average Bonchev–Trinajstić information content (AvgIpc) is 2.85. The normalized spacial score (nSPS) is 12.5. The molecule has 0 fully saturated rings. The Morgan fingerprint density at radius 1 is 1.00 bits per heavy atom. The molecule has 0 saturated heterocycles. The largest absolute Gasteiger partial charge is 0.573 e. The first-order chi connectivity index (χ1) is 18.9. The fourth-order valence-corrected chi connectivity index (χ4v) is 3.44. The average molecular weight is 567 g/mol. The van der Waals surface area contributed by atoms with E-state index in [1.165, 1.54) is 43.3 Å². The lowest BCUT2D eigenvalue weighted by Gasteiger charge is -2.19. The summed E-state index contributed by atoms with van der Waals surface area (Å²) in [6.45, 7) is 1.38. The van der Waals surface area contributed by atoms with Crippen molar-refractivity contribution in [2.45, 2.75) is 25.9 Å². The van der Waals surface area contributed by atoms with Crippen molar-refractivity contribution >= 4 is 17.8 Å². The zero-order valence-corrected chi connectivity index (χ0v) is 20.7. The van der Waals surface area contributed by atoms with Crippen LogP contribution in [-0.4, -0.2) is 35.9 Å². The molecular formula is C26H22F5N3O6. The van der Waals surface area contributed by atoms with Gasteiger partial charge in [-0.2, -0.15) is 4.99 Å². The highest BCUT2D eigenvalue weighted by Crippen LogP contribution is 2.33. The molecule has 3 aromatic carbocycles. The van der Waals surface area contributed by atoms with E-state index < -0.39 is 47.4 Å². The summed E-state index contributed by atoms with van der Waals surface area (Å²) >= 11 is 0. The molecule has 0 aromatic heterocycles. The van der Waals surface area contributed by atoms with Crippen LogP contribution in [0.15, 0.2) is 65.7 Å². The second-order valence-electron chi connectivity index (χ2n) is 7.96. The van der Waals surface area contributed by atoms with Crippen molar-refractivity contribution in [3.05, 3.63) is 89.0 Å². The van der Waals surface area contributed by atoms with Gasteiger partial charge in [0.15, 0.2) is 6.10 Å². The monoisotopic (exact) mass is 567 g/mol. The molecule has 3 aromatic rings. The number of nitrogens with zero attached hydrogens (tertiary/aromatic N) is 1. The second kappa shape index (κ2) is 12.9. The van der Waals surface area contributed by atoms with Gasteiger partial charge in [-0.25, -0.2) is 13.6 Å². The molecule has 9 nitrogen and oxygen atoms in total. The van der Waals surface area contributed by atoms with E-state index in [4.69, 9.17) is 20.3 Å². The van der Waals surface area contributed by atoms with Crippen LogP contribution in [0.2, 0.25) is 0 Å². The number of benzene rings is 3. The molecule has 0 heterocycles. The molecule has 0 bridgehead atoms. The minimum atomic E-state index is -4.94. The van der Waals surface area contributed by atoms with Gasteiger partial charge in [0.2, 0.25) is 0 Å². The number of hydrogen-bond donors (Lipinski definition) is 3. The minimum Gasteiger partial charge on any atom is -0.463 e. The molecule has 40 heavy (non-hydrogen) atoms. The van der Waals surface area contributed by atoms with Gasteiger partial charge in [0.05, 0.1) is 5.56 Å². The maximum absolute atomic E-state index is 15.0. The predicted octanol–water partition coefficient (Wildman–Crippen LogP) is 5.43. The number of nitrogens with two attached hydrogens (primary N) is 1. The summed E-state index contributed by atoms with van der Waals surface area (Å²) in [4.78, 5) is 26.7. The van der Waals surface area contributed by atoms with Crippen molar-refractivity contribution in [2.24, 2.45) is 10.7 Å². The number of amides is 2. The molecular weight excluding hydrogens is 545 g/mol. The van der Waals surface area contributed by atoms with Gasteiger partial charge in [0.1, 0.15) is 34.7 Å². The number of alkyl halides is 3. The van der Waals surface area contributed by atoms with E-state index in [1.54, 1.807) is 0 Å². The van der Waals surface area contributed by atoms with Crippen LogP contribution in [-0.2, 0) is 16.1 Å². The summed E-state index contributed by atoms with van der Waals surface area (Å²) in [5, 5.41) is 11.2. The van der Waals surface area contributed by atoms with Gasteiger partial charge in [-0.1, -0.05) is 30.3 Å². The Kier molecular flexibility index (Phi) is 9.61. The van der Waals surface area contributed by atoms with Gasteiger partial charge in [-0.05, 0) is 24.6 Å². The zero-order chi connectivity index (χ0) is 29.4. The third kappa shape index (κ3) is 8.39. The van der Waals surface area contributed by atoms with E-state index in [1.807, 2.05) is 0 Å². The number of carbonyl (C=O) groups is 2. The lowest BCUT2D eigenvalue weighted by atomic mass is 10.1. The van der Waals surface area contributed by atoms with Crippen LogP contribution in [0.25, 0.3) is 0 Å². The van der Waals surface area contributed by atoms with Gasteiger partial charge in [0, 0.05) is 36.9 Å². The van der Waals surface area contributed by atoms with Crippen molar-refractivity contribution in [1.29, 1.82) is 0 Å². The maximum atomic E-state index is 15.0. The van der Waals surface area contributed by atoms with E-state index in [-0.39, 0.29) is 30.5 Å².